The molecular formula is C12H20O3S. The summed E-state index contributed by atoms with van der Waals surface area (Å²) < 4.78 is 10.3. The molecular weight excluding hydrogens is 224 g/mol. The van der Waals surface area contributed by atoms with Crippen LogP contribution in [0, 0.1) is 0 Å². The highest BCUT2D eigenvalue weighted by Gasteiger charge is 2.47. The van der Waals surface area contributed by atoms with Gasteiger partial charge in [0.15, 0.2) is 0 Å². The van der Waals surface area contributed by atoms with Gasteiger partial charge in [-0.3, -0.25) is 4.79 Å². The lowest BCUT2D eigenvalue weighted by atomic mass is 9.84. The molecule has 1 saturated heterocycles. The lowest BCUT2D eigenvalue weighted by molar-refractivity contribution is -0.148. The number of esters is 1. The first-order valence-electron chi connectivity index (χ1n) is 6.19. The van der Waals surface area contributed by atoms with Crippen molar-refractivity contribution in [1.82, 2.24) is 0 Å². The maximum absolute atomic E-state index is 11.9. The Morgan fingerprint density at radius 1 is 1.44 bits per heavy atom. The number of carbonyl (C=O) groups is 1. The van der Waals surface area contributed by atoms with Gasteiger partial charge < -0.3 is 9.47 Å². The van der Waals surface area contributed by atoms with Crippen molar-refractivity contribution in [2.45, 2.75) is 49.0 Å². The van der Waals surface area contributed by atoms with Crippen LogP contribution in [0.2, 0.25) is 0 Å². The Balaban J connectivity index is 1.90. The number of ether oxygens (including phenoxy) is 2. The van der Waals surface area contributed by atoms with Gasteiger partial charge in [-0.05, 0) is 39.0 Å². The first kappa shape index (κ1) is 12.2. The number of thioether (sulfide) groups is 1. The van der Waals surface area contributed by atoms with Crippen molar-refractivity contribution in [2.75, 3.05) is 19.8 Å². The van der Waals surface area contributed by atoms with E-state index in [0.717, 1.165) is 45.3 Å². The summed E-state index contributed by atoms with van der Waals surface area (Å²) in [6.45, 7) is 4.06. The number of hydrogen-bond acceptors (Lipinski definition) is 4. The normalized spacial score (nSPS) is 24.8. The van der Waals surface area contributed by atoms with Gasteiger partial charge in [0.05, 0.1) is 6.61 Å². The Morgan fingerprint density at radius 2 is 2.12 bits per heavy atom. The first-order valence-corrected chi connectivity index (χ1v) is 7.07. The zero-order valence-electron chi connectivity index (χ0n) is 9.87. The fraction of sp³-hybridized carbons (Fsp3) is 0.917. The van der Waals surface area contributed by atoms with Gasteiger partial charge >= 0.3 is 5.97 Å². The summed E-state index contributed by atoms with van der Waals surface area (Å²) in [5.74, 6) is 0.0118. The quantitative estimate of drug-likeness (QED) is 0.711. The molecule has 1 heterocycles. The van der Waals surface area contributed by atoms with E-state index >= 15 is 0 Å². The molecule has 0 atom stereocenters. The molecule has 0 aromatic rings. The van der Waals surface area contributed by atoms with Crippen molar-refractivity contribution in [3.8, 4) is 0 Å². The summed E-state index contributed by atoms with van der Waals surface area (Å²) in [6.07, 6.45) is 5.30. The van der Waals surface area contributed by atoms with Crippen LogP contribution >= 0.6 is 11.8 Å². The molecule has 1 saturated carbocycles. The standard InChI is InChI=1S/C12H20O3S/c1-2-15-11(13)12(6-3-7-12)16-10-4-8-14-9-5-10/h10H,2-9H2,1H3. The van der Waals surface area contributed by atoms with Gasteiger partial charge in [-0.1, -0.05) is 0 Å². The van der Waals surface area contributed by atoms with E-state index in [-0.39, 0.29) is 10.7 Å². The summed E-state index contributed by atoms with van der Waals surface area (Å²) >= 11 is 1.85. The van der Waals surface area contributed by atoms with Crippen molar-refractivity contribution in [1.29, 1.82) is 0 Å². The average molecular weight is 244 g/mol. The summed E-state index contributed by atoms with van der Waals surface area (Å²) in [5, 5.41) is 0.582. The minimum absolute atomic E-state index is 0.0118. The van der Waals surface area contributed by atoms with Crippen molar-refractivity contribution in [2.24, 2.45) is 0 Å². The number of hydrogen-bond donors (Lipinski definition) is 0. The van der Waals surface area contributed by atoms with E-state index in [1.165, 1.54) is 0 Å². The van der Waals surface area contributed by atoms with Crippen LogP contribution in [0.4, 0.5) is 0 Å². The van der Waals surface area contributed by atoms with E-state index in [0.29, 0.717) is 11.9 Å². The lowest BCUT2D eigenvalue weighted by Crippen LogP contribution is -2.45. The monoisotopic (exact) mass is 244 g/mol. The number of carbonyl (C=O) groups excluding carboxylic acids is 1. The van der Waals surface area contributed by atoms with E-state index in [1.54, 1.807) is 0 Å². The number of rotatable bonds is 4. The van der Waals surface area contributed by atoms with Gasteiger partial charge in [0, 0.05) is 18.5 Å². The van der Waals surface area contributed by atoms with Crippen molar-refractivity contribution in [3.05, 3.63) is 0 Å². The topological polar surface area (TPSA) is 35.5 Å². The van der Waals surface area contributed by atoms with Crippen LogP contribution in [-0.2, 0) is 14.3 Å². The fourth-order valence-corrected chi connectivity index (χ4v) is 3.99. The highest BCUT2D eigenvalue weighted by Crippen LogP contribution is 2.48. The molecule has 1 aliphatic carbocycles. The summed E-state index contributed by atoms with van der Waals surface area (Å²) in [4.78, 5) is 11.9. The molecule has 2 aliphatic rings. The smallest absolute Gasteiger partial charge is 0.322 e. The van der Waals surface area contributed by atoms with Gasteiger partial charge in [-0.15, -0.1) is 11.8 Å². The Bertz CT molecular complexity index is 245. The molecule has 92 valence electrons. The fourth-order valence-electron chi connectivity index (χ4n) is 2.24. The maximum atomic E-state index is 11.9. The Hall–Kier alpha value is -0.220. The largest absolute Gasteiger partial charge is 0.465 e. The third-order valence-corrected chi connectivity index (χ3v) is 5.20. The first-order chi connectivity index (χ1) is 7.77. The van der Waals surface area contributed by atoms with Crippen LogP contribution in [0.1, 0.15) is 39.0 Å². The predicted octanol–water partition coefficient (Wildman–Crippen LogP) is 2.38. The van der Waals surface area contributed by atoms with E-state index < -0.39 is 0 Å². The summed E-state index contributed by atoms with van der Waals surface area (Å²) in [7, 11) is 0. The molecule has 2 rings (SSSR count). The van der Waals surface area contributed by atoms with E-state index in [2.05, 4.69) is 0 Å². The predicted molar refractivity (Wildman–Crippen MR) is 64.6 cm³/mol. The van der Waals surface area contributed by atoms with Crippen LogP contribution in [0.3, 0.4) is 0 Å². The minimum Gasteiger partial charge on any atom is -0.465 e. The molecule has 16 heavy (non-hydrogen) atoms. The van der Waals surface area contributed by atoms with E-state index in [4.69, 9.17) is 9.47 Å². The average Bonchev–Trinajstić information content (AvgIpc) is 2.25. The van der Waals surface area contributed by atoms with Crippen LogP contribution in [0.25, 0.3) is 0 Å². The van der Waals surface area contributed by atoms with Crippen LogP contribution in [0.5, 0.6) is 0 Å². The molecule has 0 unspecified atom stereocenters. The Labute approximate surface area is 101 Å². The SMILES string of the molecule is CCOC(=O)C1(SC2CCOCC2)CCC1. The Morgan fingerprint density at radius 3 is 2.62 bits per heavy atom. The molecule has 1 aliphatic heterocycles. The van der Waals surface area contributed by atoms with E-state index in [9.17, 15) is 4.79 Å². The van der Waals surface area contributed by atoms with Gasteiger partial charge in [-0.2, -0.15) is 0 Å². The van der Waals surface area contributed by atoms with Gasteiger partial charge in [0.25, 0.3) is 0 Å². The molecule has 0 radical (unpaired) electrons. The molecule has 3 nitrogen and oxygen atoms in total. The second kappa shape index (κ2) is 5.41. The highest BCUT2D eigenvalue weighted by molar-refractivity contribution is 8.02. The van der Waals surface area contributed by atoms with Gasteiger partial charge in [0.1, 0.15) is 4.75 Å². The zero-order valence-corrected chi connectivity index (χ0v) is 10.7. The maximum Gasteiger partial charge on any atom is 0.322 e. The summed E-state index contributed by atoms with van der Waals surface area (Å²) in [6, 6.07) is 0. The minimum atomic E-state index is -0.210. The molecule has 0 spiro atoms. The van der Waals surface area contributed by atoms with Crippen molar-refractivity contribution < 1.29 is 14.3 Å². The third-order valence-electron chi connectivity index (χ3n) is 3.37. The highest BCUT2D eigenvalue weighted by atomic mass is 32.2. The summed E-state index contributed by atoms with van der Waals surface area (Å²) in [5.41, 5.74) is 0. The Kier molecular flexibility index (Phi) is 4.14. The van der Waals surface area contributed by atoms with Crippen LogP contribution in [0.15, 0.2) is 0 Å². The second-order valence-corrected chi connectivity index (χ2v) is 6.18. The molecule has 0 aromatic heterocycles. The van der Waals surface area contributed by atoms with Crippen molar-refractivity contribution >= 4 is 17.7 Å². The van der Waals surface area contributed by atoms with E-state index in [1.807, 2.05) is 18.7 Å². The van der Waals surface area contributed by atoms with Gasteiger partial charge in [0.2, 0.25) is 0 Å². The van der Waals surface area contributed by atoms with Crippen molar-refractivity contribution in [3.63, 3.8) is 0 Å². The van der Waals surface area contributed by atoms with Crippen LogP contribution < -0.4 is 0 Å². The molecule has 0 amide bonds. The molecule has 4 heteroatoms. The molecule has 2 fully saturated rings. The van der Waals surface area contributed by atoms with Crippen LogP contribution in [-0.4, -0.2) is 35.8 Å². The third kappa shape index (κ3) is 2.54. The lowest BCUT2D eigenvalue weighted by Gasteiger charge is -2.41. The second-order valence-electron chi connectivity index (χ2n) is 4.50. The molecule has 0 N–H and O–H groups in total. The zero-order chi connectivity index (χ0) is 11.4. The van der Waals surface area contributed by atoms with Gasteiger partial charge in [-0.25, -0.2) is 0 Å². The molecule has 0 bridgehead atoms. The molecule has 0 aromatic carbocycles.